The Hall–Kier alpha value is -2.68. The number of aromatic nitrogens is 3. The maximum absolute atomic E-state index is 4.91. The number of para-hydroxylation sites is 2. The summed E-state index contributed by atoms with van der Waals surface area (Å²) in [6, 6.07) is 18.9. The third kappa shape index (κ3) is 2.56. The van der Waals surface area contributed by atoms with Crippen LogP contribution in [-0.2, 0) is 6.42 Å². The molecule has 0 radical (unpaired) electrons. The summed E-state index contributed by atoms with van der Waals surface area (Å²) in [7, 11) is 0. The van der Waals surface area contributed by atoms with Gasteiger partial charge < -0.3 is 0 Å². The Morgan fingerprint density at radius 1 is 0.875 bits per heavy atom. The van der Waals surface area contributed by atoms with Gasteiger partial charge in [-0.25, -0.2) is 9.97 Å². The number of hydrogen-bond acceptors (Lipinski definition) is 2. The molecule has 0 spiro atoms. The van der Waals surface area contributed by atoms with Gasteiger partial charge in [-0.3, -0.25) is 4.57 Å². The van der Waals surface area contributed by atoms with Crippen molar-refractivity contribution in [3.05, 3.63) is 65.9 Å². The molecule has 0 aliphatic rings. The normalized spacial score (nSPS) is 11.4. The summed E-state index contributed by atoms with van der Waals surface area (Å²) in [5.41, 5.74) is 7.52. The molecule has 0 aliphatic carbocycles. The lowest BCUT2D eigenvalue weighted by Gasteiger charge is -2.10. The van der Waals surface area contributed by atoms with E-state index in [0.29, 0.717) is 0 Å². The average molecular weight is 315 g/mol. The van der Waals surface area contributed by atoms with E-state index >= 15 is 0 Å². The smallest absolute Gasteiger partial charge is 0.164 e. The third-order valence-corrected chi connectivity index (χ3v) is 4.46. The first-order chi connectivity index (χ1) is 11.8. The van der Waals surface area contributed by atoms with Crippen LogP contribution in [0.5, 0.6) is 0 Å². The summed E-state index contributed by atoms with van der Waals surface area (Å²) in [4.78, 5) is 9.73. The van der Waals surface area contributed by atoms with E-state index in [9.17, 15) is 0 Å². The highest BCUT2D eigenvalue weighted by molar-refractivity contribution is 5.86. The van der Waals surface area contributed by atoms with Crippen molar-refractivity contribution in [3.8, 4) is 5.69 Å². The second-order valence-corrected chi connectivity index (χ2v) is 6.33. The first-order valence-corrected chi connectivity index (χ1v) is 8.60. The molecule has 0 atom stereocenters. The second-order valence-electron chi connectivity index (χ2n) is 6.33. The van der Waals surface area contributed by atoms with Gasteiger partial charge in [0.2, 0.25) is 0 Å². The van der Waals surface area contributed by atoms with Crippen LogP contribution >= 0.6 is 0 Å². The van der Waals surface area contributed by atoms with Gasteiger partial charge in [-0.05, 0) is 50.1 Å². The molecule has 4 rings (SSSR count). The number of unbranched alkanes of at least 4 members (excludes halogenated alkanes) is 1. The number of benzene rings is 2. The van der Waals surface area contributed by atoms with Crippen molar-refractivity contribution in [1.29, 1.82) is 0 Å². The molecule has 3 heteroatoms. The van der Waals surface area contributed by atoms with Gasteiger partial charge >= 0.3 is 0 Å². The lowest BCUT2D eigenvalue weighted by atomic mass is 10.2. The van der Waals surface area contributed by atoms with Crippen LogP contribution in [0.4, 0.5) is 0 Å². The molecule has 0 aliphatic heterocycles. The zero-order chi connectivity index (χ0) is 16.5. The van der Waals surface area contributed by atoms with Gasteiger partial charge in [0.25, 0.3) is 0 Å². The van der Waals surface area contributed by atoms with Crippen molar-refractivity contribution in [2.24, 2.45) is 0 Å². The Balaban J connectivity index is 1.99. The van der Waals surface area contributed by atoms with Crippen LogP contribution in [0.2, 0.25) is 0 Å². The third-order valence-electron chi connectivity index (χ3n) is 4.46. The van der Waals surface area contributed by atoms with Gasteiger partial charge in [0.05, 0.1) is 11.0 Å². The quantitative estimate of drug-likeness (QED) is 0.516. The summed E-state index contributed by atoms with van der Waals surface area (Å²) >= 11 is 0. The molecule has 2 heterocycles. The minimum absolute atomic E-state index is 0.943. The van der Waals surface area contributed by atoms with E-state index in [1.807, 2.05) is 24.3 Å². The summed E-state index contributed by atoms with van der Waals surface area (Å²) in [6.45, 7) is 4.34. The van der Waals surface area contributed by atoms with Gasteiger partial charge in [0, 0.05) is 11.4 Å². The van der Waals surface area contributed by atoms with Gasteiger partial charge in [0.15, 0.2) is 5.65 Å². The lowest BCUT2D eigenvalue weighted by molar-refractivity contribution is 0.763. The molecule has 0 saturated carbocycles. The Bertz CT molecular complexity index is 997. The van der Waals surface area contributed by atoms with E-state index in [0.717, 1.165) is 34.3 Å². The molecular weight excluding hydrogens is 294 g/mol. The standard InChI is InChI=1S/C21H21N3/c1-3-4-7-17-14-20-21(23-19-9-6-5-8-18(19)22-20)24(17)16-12-10-15(2)11-13-16/h5-6,8-14H,3-4,7H2,1-2H3. The molecule has 0 saturated heterocycles. The number of fused-ring (bicyclic) bond motifs is 2. The van der Waals surface area contributed by atoms with Crippen LogP contribution in [0.1, 0.15) is 31.0 Å². The van der Waals surface area contributed by atoms with Crippen molar-refractivity contribution in [3.63, 3.8) is 0 Å². The highest BCUT2D eigenvalue weighted by Crippen LogP contribution is 2.25. The minimum Gasteiger partial charge on any atom is -0.297 e. The van der Waals surface area contributed by atoms with Crippen LogP contribution in [0.3, 0.4) is 0 Å². The number of nitrogens with zero attached hydrogens (tertiary/aromatic N) is 3. The molecule has 0 N–H and O–H groups in total. The fourth-order valence-electron chi connectivity index (χ4n) is 3.15. The van der Waals surface area contributed by atoms with Crippen LogP contribution in [0.25, 0.3) is 27.9 Å². The fourth-order valence-corrected chi connectivity index (χ4v) is 3.15. The van der Waals surface area contributed by atoms with Crippen molar-refractivity contribution in [1.82, 2.24) is 14.5 Å². The molecule has 3 nitrogen and oxygen atoms in total. The lowest BCUT2D eigenvalue weighted by Crippen LogP contribution is -2.01. The second kappa shape index (κ2) is 6.08. The summed E-state index contributed by atoms with van der Waals surface area (Å²) in [5.74, 6) is 0. The Labute approximate surface area is 142 Å². The van der Waals surface area contributed by atoms with Gasteiger partial charge in [0.1, 0.15) is 5.52 Å². The Morgan fingerprint density at radius 2 is 1.58 bits per heavy atom. The predicted octanol–water partition coefficient (Wildman–Crippen LogP) is 5.22. The molecular formula is C21H21N3. The Kier molecular flexibility index (Phi) is 3.77. The monoisotopic (exact) mass is 315 g/mol. The van der Waals surface area contributed by atoms with Crippen LogP contribution in [0.15, 0.2) is 54.6 Å². The number of rotatable bonds is 4. The molecule has 4 aromatic rings. The van der Waals surface area contributed by atoms with Crippen molar-refractivity contribution in [2.75, 3.05) is 0 Å². The van der Waals surface area contributed by atoms with Crippen LogP contribution < -0.4 is 0 Å². The molecule has 0 unspecified atom stereocenters. The summed E-state index contributed by atoms with van der Waals surface area (Å²) in [5, 5.41) is 0. The highest BCUT2D eigenvalue weighted by Gasteiger charge is 2.13. The zero-order valence-electron chi connectivity index (χ0n) is 14.2. The first kappa shape index (κ1) is 14.9. The summed E-state index contributed by atoms with van der Waals surface area (Å²) < 4.78 is 2.27. The van der Waals surface area contributed by atoms with E-state index in [2.05, 4.69) is 48.7 Å². The Morgan fingerprint density at radius 3 is 2.29 bits per heavy atom. The molecule has 120 valence electrons. The van der Waals surface area contributed by atoms with E-state index in [-0.39, 0.29) is 0 Å². The number of aryl methyl sites for hydroxylation is 2. The maximum Gasteiger partial charge on any atom is 0.164 e. The van der Waals surface area contributed by atoms with Crippen LogP contribution in [-0.4, -0.2) is 14.5 Å². The molecule has 24 heavy (non-hydrogen) atoms. The molecule has 2 aromatic heterocycles. The van der Waals surface area contributed by atoms with Gasteiger partial charge in [-0.2, -0.15) is 0 Å². The van der Waals surface area contributed by atoms with Crippen LogP contribution in [0, 0.1) is 6.92 Å². The van der Waals surface area contributed by atoms with E-state index in [1.165, 1.54) is 24.1 Å². The molecule has 0 fully saturated rings. The van der Waals surface area contributed by atoms with Crippen molar-refractivity contribution < 1.29 is 0 Å². The minimum atomic E-state index is 0.943. The largest absolute Gasteiger partial charge is 0.297 e. The van der Waals surface area contributed by atoms with Gasteiger partial charge in [-0.1, -0.05) is 43.2 Å². The highest BCUT2D eigenvalue weighted by atomic mass is 15.1. The van der Waals surface area contributed by atoms with Gasteiger partial charge in [-0.15, -0.1) is 0 Å². The topological polar surface area (TPSA) is 30.7 Å². The molecule has 0 bridgehead atoms. The van der Waals surface area contributed by atoms with Crippen molar-refractivity contribution >= 4 is 22.2 Å². The number of hydrogen-bond donors (Lipinski definition) is 0. The fraction of sp³-hybridized carbons (Fsp3) is 0.238. The first-order valence-electron chi connectivity index (χ1n) is 8.60. The van der Waals surface area contributed by atoms with E-state index < -0.39 is 0 Å². The maximum atomic E-state index is 4.91. The average Bonchev–Trinajstić information content (AvgIpc) is 2.96. The van der Waals surface area contributed by atoms with Crippen molar-refractivity contribution in [2.45, 2.75) is 33.1 Å². The van der Waals surface area contributed by atoms with E-state index in [4.69, 9.17) is 9.97 Å². The SMILES string of the molecule is CCCCc1cc2nc3ccccc3nc2n1-c1ccc(C)cc1. The summed E-state index contributed by atoms with van der Waals surface area (Å²) in [6.07, 6.45) is 3.39. The molecule has 0 amide bonds. The predicted molar refractivity (Wildman–Crippen MR) is 99.7 cm³/mol. The molecule has 2 aromatic carbocycles. The van der Waals surface area contributed by atoms with E-state index in [1.54, 1.807) is 0 Å². The zero-order valence-corrected chi connectivity index (χ0v) is 14.2.